The maximum absolute atomic E-state index is 12.9. The first-order valence-corrected chi connectivity index (χ1v) is 10.4. The molecule has 9 heteroatoms. The lowest BCUT2D eigenvalue weighted by molar-refractivity contribution is 0.0566. The summed E-state index contributed by atoms with van der Waals surface area (Å²) in [4.78, 5) is 17.3. The Morgan fingerprint density at radius 1 is 1.12 bits per heavy atom. The summed E-state index contributed by atoms with van der Waals surface area (Å²) in [7, 11) is 0. The van der Waals surface area contributed by atoms with Gasteiger partial charge in [-0.15, -0.1) is 0 Å². The highest BCUT2D eigenvalue weighted by Crippen LogP contribution is 2.25. The molecule has 2 aromatic carbocycles. The third kappa shape index (κ3) is 4.98. The van der Waals surface area contributed by atoms with Gasteiger partial charge < -0.3 is 5.73 Å². The second-order valence-corrected chi connectivity index (χ2v) is 7.68. The molecule has 0 fully saturated rings. The molecule has 34 heavy (non-hydrogen) atoms. The Kier molecular flexibility index (Phi) is 6.44. The third-order valence-electron chi connectivity index (χ3n) is 5.00. The molecule has 0 bridgehead atoms. The van der Waals surface area contributed by atoms with Gasteiger partial charge >= 0.3 is 6.55 Å². The molecule has 7 nitrogen and oxygen atoms in total. The zero-order chi connectivity index (χ0) is 24.2. The predicted octanol–water partition coefficient (Wildman–Crippen LogP) is 4.78. The predicted molar refractivity (Wildman–Crippen MR) is 128 cm³/mol. The lowest BCUT2D eigenvalue weighted by Crippen LogP contribution is -2.21. The van der Waals surface area contributed by atoms with Crippen molar-refractivity contribution in [1.82, 2.24) is 19.6 Å². The summed E-state index contributed by atoms with van der Waals surface area (Å²) >= 11 is 0. The van der Waals surface area contributed by atoms with Gasteiger partial charge in [0.15, 0.2) is 5.69 Å². The molecule has 2 N–H and O–H groups in total. The SMILES string of the molecule is CC(N)=CC(=Nc1ccccc1)c1nn(-c2ccc(-c3cnn(C(F)F)c3)cc2C)ccc1=O. The number of aliphatic imine (C=N–C) groups is 1. The van der Waals surface area contributed by atoms with Crippen LogP contribution >= 0.6 is 0 Å². The lowest BCUT2D eigenvalue weighted by Gasteiger charge is -2.12. The standard InChI is InChI=1S/C25H22F2N6O/c1-16-12-18(19-14-29-33(15-19)25(26)27)8-9-22(16)32-11-10-23(34)24(31-32)21(13-17(2)28)30-20-6-4-3-5-7-20/h3-15,25H,28H2,1-2H3. The van der Waals surface area contributed by atoms with E-state index in [-0.39, 0.29) is 11.1 Å². The number of nitrogens with two attached hydrogens (primary N) is 1. The van der Waals surface area contributed by atoms with Gasteiger partial charge in [0.1, 0.15) is 0 Å². The van der Waals surface area contributed by atoms with Gasteiger partial charge in [0.2, 0.25) is 5.43 Å². The summed E-state index contributed by atoms with van der Waals surface area (Å²) in [6.45, 7) is 0.885. The molecule has 0 aliphatic heterocycles. The summed E-state index contributed by atoms with van der Waals surface area (Å²) in [6.07, 6.45) is 5.87. The first-order chi connectivity index (χ1) is 16.3. The average molecular weight is 460 g/mol. The molecule has 0 aliphatic carbocycles. The van der Waals surface area contributed by atoms with E-state index in [9.17, 15) is 13.6 Å². The van der Waals surface area contributed by atoms with E-state index in [1.807, 2.05) is 49.4 Å². The molecular weight excluding hydrogens is 438 g/mol. The van der Waals surface area contributed by atoms with Crippen LogP contribution in [0, 0.1) is 6.92 Å². The van der Waals surface area contributed by atoms with E-state index in [1.165, 1.54) is 18.5 Å². The van der Waals surface area contributed by atoms with E-state index >= 15 is 0 Å². The number of alkyl halides is 2. The van der Waals surface area contributed by atoms with Gasteiger partial charge in [0.05, 0.1) is 23.3 Å². The number of aromatic nitrogens is 4. The molecule has 0 amide bonds. The summed E-state index contributed by atoms with van der Waals surface area (Å²) in [5.74, 6) is 0. The quantitative estimate of drug-likeness (QED) is 0.419. The van der Waals surface area contributed by atoms with Crippen molar-refractivity contribution in [2.45, 2.75) is 20.4 Å². The van der Waals surface area contributed by atoms with Gasteiger partial charge in [-0.3, -0.25) is 4.79 Å². The second-order valence-electron chi connectivity index (χ2n) is 7.68. The molecule has 0 aliphatic rings. The Hall–Kier alpha value is -4.40. The highest BCUT2D eigenvalue weighted by atomic mass is 19.3. The van der Waals surface area contributed by atoms with E-state index in [0.717, 1.165) is 16.8 Å². The molecule has 172 valence electrons. The number of aryl methyl sites for hydroxylation is 1. The molecule has 0 saturated heterocycles. The van der Waals surface area contributed by atoms with Crippen LogP contribution in [-0.4, -0.2) is 25.3 Å². The minimum atomic E-state index is -2.70. The number of rotatable bonds is 6. The van der Waals surface area contributed by atoms with Gasteiger partial charge in [-0.25, -0.2) is 14.4 Å². The Bertz CT molecular complexity index is 1430. The maximum atomic E-state index is 12.9. The number of allylic oxidation sites excluding steroid dienone is 2. The monoisotopic (exact) mass is 460 g/mol. The maximum Gasteiger partial charge on any atom is 0.333 e. The van der Waals surface area contributed by atoms with Gasteiger partial charge in [0.25, 0.3) is 0 Å². The minimum absolute atomic E-state index is 0.151. The number of hydrogen-bond acceptors (Lipinski definition) is 5. The number of benzene rings is 2. The van der Waals surface area contributed by atoms with Gasteiger partial charge in [-0.1, -0.05) is 24.3 Å². The van der Waals surface area contributed by atoms with Crippen molar-refractivity contribution in [3.63, 3.8) is 0 Å². The van der Waals surface area contributed by atoms with Crippen LogP contribution in [0.5, 0.6) is 0 Å². The molecule has 0 unspecified atom stereocenters. The van der Waals surface area contributed by atoms with Crippen molar-refractivity contribution in [2.75, 3.05) is 0 Å². The molecule has 4 rings (SSSR count). The van der Waals surface area contributed by atoms with Crippen LogP contribution in [0.15, 0.2) is 94.7 Å². The van der Waals surface area contributed by atoms with Crippen LogP contribution in [0.3, 0.4) is 0 Å². The van der Waals surface area contributed by atoms with E-state index in [1.54, 1.807) is 29.9 Å². The second kappa shape index (κ2) is 9.62. The van der Waals surface area contributed by atoms with Gasteiger partial charge in [0, 0.05) is 29.7 Å². The fourth-order valence-corrected chi connectivity index (χ4v) is 3.42. The van der Waals surface area contributed by atoms with Crippen LogP contribution < -0.4 is 11.2 Å². The Balaban J connectivity index is 1.76. The van der Waals surface area contributed by atoms with E-state index in [0.29, 0.717) is 27.3 Å². The van der Waals surface area contributed by atoms with E-state index < -0.39 is 6.55 Å². The molecule has 0 radical (unpaired) electrons. The first-order valence-electron chi connectivity index (χ1n) is 10.4. The molecule has 0 atom stereocenters. The van der Waals surface area contributed by atoms with Crippen LogP contribution in [0.2, 0.25) is 0 Å². The topological polar surface area (TPSA) is 91.1 Å². The summed E-state index contributed by atoms with van der Waals surface area (Å²) in [6, 6.07) is 16.1. The van der Waals surface area contributed by atoms with Crippen LogP contribution in [0.4, 0.5) is 14.5 Å². The van der Waals surface area contributed by atoms with Gasteiger partial charge in [-0.2, -0.15) is 19.0 Å². The summed E-state index contributed by atoms with van der Waals surface area (Å²) in [5, 5.41) is 8.23. The molecule has 4 aromatic rings. The number of halogens is 2. The van der Waals surface area contributed by atoms with Crippen molar-refractivity contribution in [1.29, 1.82) is 0 Å². The Morgan fingerprint density at radius 3 is 2.53 bits per heavy atom. The number of para-hydroxylation sites is 1. The normalized spacial score (nSPS) is 12.4. The smallest absolute Gasteiger partial charge is 0.333 e. The van der Waals surface area contributed by atoms with E-state index in [2.05, 4.69) is 15.2 Å². The van der Waals surface area contributed by atoms with Crippen LogP contribution in [-0.2, 0) is 0 Å². The molecule has 0 saturated carbocycles. The fourth-order valence-electron chi connectivity index (χ4n) is 3.42. The van der Waals surface area contributed by atoms with E-state index in [4.69, 9.17) is 5.73 Å². The summed E-state index contributed by atoms with van der Waals surface area (Å²) in [5.41, 5.74) is 10.1. The molecule has 2 aromatic heterocycles. The molecular formula is C25H22F2N6O. The fraction of sp³-hybridized carbons (Fsp3) is 0.120. The largest absolute Gasteiger partial charge is 0.402 e. The summed E-state index contributed by atoms with van der Waals surface area (Å²) < 4.78 is 27.9. The van der Waals surface area contributed by atoms with Crippen LogP contribution in [0.1, 0.15) is 24.7 Å². The zero-order valence-electron chi connectivity index (χ0n) is 18.6. The highest BCUT2D eigenvalue weighted by Gasteiger charge is 2.13. The highest BCUT2D eigenvalue weighted by molar-refractivity contribution is 6.08. The minimum Gasteiger partial charge on any atom is -0.402 e. The number of nitrogens with zero attached hydrogens (tertiary/aromatic N) is 5. The Morgan fingerprint density at radius 2 is 1.88 bits per heavy atom. The lowest BCUT2D eigenvalue weighted by atomic mass is 10.1. The van der Waals surface area contributed by atoms with Crippen molar-refractivity contribution in [3.05, 3.63) is 106 Å². The third-order valence-corrected chi connectivity index (χ3v) is 5.00. The Labute approximate surface area is 194 Å². The molecule has 0 spiro atoms. The molecule has 2 heterocycles. The van der Waals surface area contributed by atoms with Crippen molar-refractivity contribution < 1.29 is 8.78 Å². The van der Waals surface area contributed by atoms with Crippen molar-refractivity contribution >= 4 is 11.4 Å². The first kappa shape index (κ1) is 22.8. The van der Waals surface area contributed by atoms with Crippen molar-refractivity contribution in [3.8, 4) is 16.8 Å². The average Bonchev–Trinajstić information content (AvgIpc) is 3.30. The number of hydrogen-bond donors (Lipinski definition) is 1. The van der Waals surface area contributed by atoms with Crippen LogP contribution in [0.25, 0.3) is 16.8 Å². The zero-order valence-corrected chi connectivity index (χ0v) is 18.6. The van der Waals surface area contributed by atoms with Gasteiger partial charge in [-0.05, 0) is 55.3 Å². The van der Waals surface area contributed by atoms with Crippen molar-refractivity contribution in [2.24, 2.45) is 10.7 Å².